The number of carbonyl (C=O) groups is 1. The third-order valence-electron chi connectivity index (χ3n) is 5.25. The number of rotatable bonds is 6. The molecule has 2 heterocycles. The van der Waals surface area contributed by atoms with Crippen LogP contribution in [0.25, 0.3) is 0 Å². The number of para-hydroxylation sites is 2. The summed E-state index contributed by atoms with van der Waals surface area (Å²) < 4.78 is 22.0. The van der Waals surface area contributed by atoms with Crippen molar-refractivity contribution in [3.05, 3.63) is 48.0 Å². The van der Waals surface area contributed by atoms with Crippen LogP contribution in [0.5, 0.6) is 23.0 Å². The lowest BCUT2D eigenvalue weighted by molar-refractivity contribution is -0.139. The molecule has 2 aliphatic rings. The molecule has 1 fully saturated rings. The number of carbonyl (C=O) groups excluding carboxylic acids is 1. The van der Waals surface area contributed by atoms with Crippen molar-refractivity contribution < 1.29 is 23.7 Å². The van der Waals surface area contributed by atoms with Crippen LogP contribution in [0.1, 0.15) is 12.5 Å². The van der Waals surface area contributed by atoms with Crippen LogP contribution in [0.15, 0.2) is 42.5 Å². The van der Waals surface area contributed by atoms with Gasteiger partial charge in [0, 0.05) is 32.7 Å². The van der Waals surface area contributed by atoms with Gasteiger partial charge in [0.2, 0.25) is 6.79 Å². The first kappa shape index (κ1) is 19.4. The van der Waals surface area contributed by atoms with E-state index >= 15 is 0 Å². The highest BCUT2D eigenvalue weighted by Crippen LogP contribution is 2.33. The van der Waals surface area contributed by atoms with Crippen LogP contribution in [-0.4, -0.2) is 61.9 Å². The van der Waals surface area contributed by atoms with Crippen LogP contribution < -0.4 is 18.9 Å². The highest BCUT2D eigenvalue weighted by atomic mass is 16.7. The first-order valence-corrected chi connectivity index (χ1v) is 9.83. The lowest BCUT2D eigenvalue weighted by Gasteiger charge is -2.36. The van der Waals surface area contributed by atoms with Crippen molar-refractivity contribution in [2.24, 2.45) is 0 Å². The number of piperazine rings is 1. The van der Waals surface area contributed by atoms with Gasteiger partial charge in [0.1, 0.15) is 0 Å². The lowest BCUT2D eigenvalue weighted by atomic mass is 10.1. The van der Waals surface area contributed by atoms with Crippen molar-refractivity contribution in [1.29, 1.82) is 0 Å². The second kappa shape index (κ2) is 8.61. The van der Waals surface area contributed by atoms with Gasteiger partial charge in [0.25, 0.3) is 5.91 Å². The number of hydrogen-bond acceptors (Lipinski definition) is 6. The zero-order valence-electron chi connectivity index (χ0n) is 16.8. The number of nitrogens with zero attached hydrogens (tertiary/aromatic N) is 2. The summed E-state index contributed by atoms with van der Waals surface area (Å²) in [6.07, 6.45) is -0.563. The van der Waals surface area contributed by atoms with Crippen molar-refractivity contribution in [1.82, 2.24) is 9.80 Å². The van der Waals surface area contributed by atoms with Crippen LogP contribution in [0, 0.1) is 0 Å². The minimum atomic E-state index is -0.563. The Labute approximate surface area is 170 Å². The van der Waals surface area contributed by atoms with Crippen molar-refractivity contribution in [2.45, 2.75) is 19.6 Å². The van der Waals surface area contributed by atoms with Gasteiger partial charge in [-0.2, -0.15) is 0 Å². The zero-order chi connectivity index (χ0) is 20.2. The summed E-state index contributed by atoms with van der Waals surface area (Å²) in [5, 5.41) is 0. The first-order chi connectivity index (χ1) is 14.1. The van der Waals surface area contributed by atoms with Crippen LogP contribution >= 0.6 is 0 Å². The fourth-order valence-corrected chi connectivity index (χ4v) is 3.64. The molecule has 29 heavy (non-hydrogen) atoms. The van der Waals surface area contributed by atoms with Gasteiger partial charge in [-0.1, -0.05) is 18.2 Å². The maximum atomic E-state index is 12.8. The standard InChI is InChI=1S/C22H26N2O5/c1-16(29-20-6-4-3-5-18(20)26-2)22(25)24-11-9-23(10-12-24)14-17-7-8-19-21(13-17)28-15-27-19/h3-8,13,16H,9-12,14-15H2,1-2H3/t16-/m1/s1. The van der Waals surface area contributed by atoms with Crippen molar-refractivity contribution in [3.63, 3.8) is 0 Å². The molecule has 2 aromatic carbocycles. The minimum absolute atomic E-state index is 0.00126. The van der Waals surface area contributed by atoms with E-state index in [1.54, 1.807) is 14.0 Å². The molecular weight excluding hydrogens is 372 g/mol. The summed E-state index contributed by atoms with van der Waals surface area (Å²) in [7, 11) is 1.59. The van der Waals surface area contributed by atoms with Crippen LogP contribution in [0.2, 0.25) is 0 Å². The lowest BCUT2D eigenvalue weighted by Crippen LogP contribution is -2.51. The Kier molecular flexibility index (Phi) is 5.76. The number of fused-ring (bicyclic) bond motifs is 1. The van der Waals surface area contributed by atoms with Gasteiger partial charge in [-0.3, -0.25) is 9.69 Å². The molecule has 0 saturated carbocycles. The van der Waals surface area contributed by atoms with Gasteiger partial charge in [0.05, 0.1) is 7.11 Å². The summed E-state index contributed by atoms with van der Waals surface area (Å²) in [5.41, 5.74) is 1.18. The molecule has 0 unspecified atom stereocenters. The molecule has 1 saturated heterocycles. The number of hydrogen-bond donors (Lipinski definition) is 0. The molecule has 4 rings (SSSR count). The molecule has 2 aromatic rings. The maximum Gasteiger partial charge on any atom is 0.263 e. The SMILES string of the molecule is COc1ccccc1O[C@H](C)C(=O)N1CCN(Cc2ccc3c(c2)OCO3)CC1. The predicted molar refractivity (Wildman–Crippen MR) is 108 cm³/mol. The number of ether oxygens (including phenoxy) is 4. The van der Waals surface area contributed by atoms with E-state index in [-0.39, 0.29) is 12.7 Å². The van der Waals surface area contributed by atoms with Gasteiger partial charge >= 0.3 is 0 Å². The monoisotopic (exact) mass is 398 g/mol. The molecule has 1 amide bonds. The largest absolute Gasteiger partial charge is 0.493 e. The average Bonchev–Trinajstić information content (AvgIpc) is 3.22. The summed E-state index contributed by atoms with van der Waals surface area (Å²) in [6, 6.07) is 13.4. The Hall–Kier alpha value is -2.93. The molecule has 0 aliphatic carbocycles. The second-order valence-electron chi connectivity index (χ2n) is 7.20. The molecule has 1 atom stereocenters. The first-order valence-electron chi connectivity index (χ1n) is 9.83. The molecule has 0 radical (unpaired) electrons. The number of amides is 1. The Balaban J connectivity index is 1.29. The summed E-state index contributed by atoms with van der Waals surface area (Å²) in [6.45, 7) is 5.91. The van der Waals surface area contributed by atoms with Gasteiger partial charge in [-0.05, 0) is 36.8 Å². The van der Waals surface area contributed by atoms with Crippen molar-refractivity contribution >= 4 is 5.91 Å². The predicted octanol–water partition coefficient (Wildman–Crippen LogP) is 2.54. The number of methoxy groups -OCH3 is 1. The van der Waals surface area contributed by atoms with E-state index in [2.05, 4.69) is 11.0 Å². The van der Waals surface area contributed by atoms with E-state index in [0.29, 0.717) is 24.6 Å². The Morgan fingerprint density at radius 2 is 1.76 bits per heavy atom. The molecule has 0 bridgehead atoms. The molecule has 0 aromatic heterocycles. The van der Waals surface area contributed by atoms with Crippen LogP contribution in [0.3, 0.4) is 0 Å². The van der Waals surface area contributed by atoms with Crippen LogP contribution in [0.4, 0.5) is 0 Å². The quantitative estimate of drug-likeness (QED) is 0.745. The third-order valence-corrected chi connectivity index (χ3v) is 5.25. The molecule has 154 valence electrons. The molecular formula is C22H26N2O5. The molecule has 7 nitrogen and oxygen atoms in total. The van der Waals surface area contributed by atoms with E-state index in [1.165, 1.54) is 5.56 Å². The van der Waals surface area contributed by atoms with Gasteiger partial charge in [0.15, 0.2) is 29.1 Å². The fraction of sp³-hybridized carbons (Fsp3) is 0.409. The molecule has 0 N–H and O–H groups in total. The van der Waals surface area contributed by atoms with Crippen molar-refractivity contribution in [2.75, 3.05) is 40.1 Å². The second-order valence-corrected chi connectivity index (χ2v) is 7.20. The average molecular weight is 398 g/mol. The molecule has 0 spiro atoms. The Morgan fingerprint density at radius 1 is 1.03 bits per heavy atom. The molecule has 2 aliphatic heterocycles. The van der Waals surface area contributed by atoms with E-state index < -0.39 is 6.10 Å². The van der Waals surface area contributed by atoms with Crippen LogP contribution in [-0.2, 0) is 11.3 Å². The minimum Gasteiger partial charge on any atom is -0.493 e. The van der Waals surface area contributed by atoms with Gasteiger partial charge in [-0.15, -0.1) is 0 Å². The fourth-order valence-electron chi connectivity index (χ4n) is 3.64. The topological polar surface area (TPSA) is 60.5 Å². The van der Waals surface area contributed by atoms with E-state index in [0.717, 1.165) is 31.1 Å². The normalized spacial score (nSPS) is 17.1. The third kappa shape index (κ3) is 4.40. The smallest absolute Gasteiger partial charge is 0.263 e. The van der Waals surface area contributed by atoms with E-state index in [4.69, 9.17) is 18.9 Å². The van der Waals surface area contributed by atoms with E-state index in [9.17, 15) is 4.79 Å². The zero-order valence-corrected chi connectivity index (χ0v) is 16.8. The summed E-state index contributed by atoms with van der Waals surface area (Å²) >= 11 is 0. The maximum absolute atomic E-state index is 12.8. The van der Waals surface area contributed by atoms with Crippen molar-refractivity contribution in [3.8, 4) is 23.0 Å². The van der Waals surface area contributed by atoms with Gasteiger partial charge < -0.3 is 23.8 Å². The summed E-state index contributed by atoms with van der Waals surface area (Å²) in [4.78, 5) is 17.0. The molecule has 7 heteroatoms. The Morgan fingerprint density at radius 3 is 2.52 bits per heavy atom. The Bertz CT molecular complexity index is 864. The van der Waals surface area contributed by atoms with Gasteiger partial charge in [-0.25, -0.2) is 0 Å². The van der Waals surface area contributed by atoms with E-state index in [1.807, 2.05) is 41.3 Å². The summed E-state index contributed by atoms with van der Waals surface area (Å²) in [5.74, 6) is 2.81. The number of benzene rings is 2. The highest BCUT2D eigenvalue weighted by molar-refractivity contribution is 5.81. The highest BCUT2D eigenvalue weighted by Gasteiger charge is 2.27.